The van der Waals surface area contributed by atoms with E-state index < -0.39 is 0 Å². The average molecular weight is 290 g/mol. The number of ether oxygens (including phenoxy) is 1. The molecule has 1 N–H and O–H groups in total. The van der Waals surface area contributed by atoms with E-state index in [9.17, 15) is 0 Å². The first-order chi connectivity index (χ1) is 10.2. The van der Waals surface area contributed by atoms with Crippen LogP contribution in [0.15, 0.2) is 4.52 Å². The van der Waals surface area contributed by atoms with Gasteiger partial charge in [-0.2, -0.15) is 0 Å². The molecule has 1 aromatic rings. The van der Waals surface area contributed by atoms with E-state index in [1.54, 1.807) is 0 Å². The van der Waals surface area contributed by atoms with E-state index in [1.807, 2.05) is 13.8 Å². The maximum Gasteiger partial charge on any atom is 0.137 e. The number of aryl methyl sites for hydroxylation is 2. The summed E-state index contributed by atoms with van der Waals surface area (Å²) in [5.41, 5.74) is 2.85. The molecular formula is C17H26N2O2. The van der Waals surface area contributed by atoms with Crippen LogP contribution in [0.1, 0.15) is 49.1 Å². The Morgan fingerprint density at radius 1 is 1.33 bits per heavy atom. The second-order valence-electron chi connectivity index (χ2n) is 7.17. The molecular weight excluding hydrogens is 264 g/mol. The molecule has 2 aliphatic carbocycles. The topological polar surface area (TPSA) is 47.3 Å². The van der Waals surface area contributed by atoms with Crippen LogP contribution in [-0.2, 0) is 11.2 Å². The average Bonchev–Trinajstić information content (AvgIpc) is 2.95. The fourth-order valence-corrected chi connectivity index (χ4v) is 4.94. The highest BCUT2D eigenvalue weighted by molar-refractivity contribution is 5.21. The van der Waals surface area contributed by atoms with E-state index in [0.717, 1.165) is 43.4 Å². The highest BCUT2D eigenvalue weighted by Crippen LogP contribution is 2.62. The molecule has 3 aliphatic rings. The molecule has 1 aromatic heterocycles. The highest BCUT2D eigenvalue weighted by Gasteiger charge is 2.66. The lowest BCUT2D eigenvalue weighted by atomic mass is 9.46. The Labute approximate surface area is 126 Å². The van der Waals surface area contributed by atoms with E-state index in [4.69, 9.17) is 9.26 Å². The molecule has 0 unspecified atom stereocenters. The first-order valence-electron chi connectivity index (χ1n) is 8.49. The van der Waals surface area contributed by atoms with Gasteiger partial charge in [0, 0.05) is 29.5 Å². The van der Waals surface area contributed by atoms with Crippen LogP contribution in [0.2, 0.25) is 0 Å². The molecule has 0 aromatic carbocycles. The van der Waals surface area contributed by atoms with Crippen LogP contribution in [0.25, 0.3) is 0 Å². The molecule has 0 amide bonds. The van der Waals surface area contributed by atoms with Gasteiger partial charge in [-0.05, 0) is 52.5 Å². The van der Waals surface area contributed by atoms with Crippen LogP contribution in [0.5, 0.6) is 0 Å². The summed E-state index contributed by atoms with van der Waals surface area (Å²) in [4.78, 5) is 0. The molecule has 4 rings (SSSR count). The number of fused-ring (bicyclic) bond motifs is 2. The molecule has 4 heteroatoms. The van der Waals surface area contributed by atoms with Crippen molar-refractivity contribution in [2.75, 3.05) is 13.2 Å². The monoisotopic (exact) mass is 290 g/mol. The number of nitrogens with zero attached hydrogens (tertiary/aromatic N) is 1. The molecule has 3 atom stereocenters. The molecule has 0 bridgehead atoms. The Bertz CT molecular complexity index is 501. The van der Waals surface area contributed by atoms with Crippen molar-refractivity contribution in [1.29, 1.82) is 0 Å². The Kier molecular flexibility index (Phi) is 3.34. The molecule has 2 heterocycles. The van der Waals surface area contributed by atoms with Crippen LogP contribution < -0.4 is 5.32 Å². The van der Waals surface area contributed by atoms with Crippen molar-refractivity contribution >= 4 is 0 Å². The van der Waals surface area contributed by atoms with Gasteiger partial charge in [-0.15, -0.1) is 0 Å². The van der Waals surface area contributed by atoms with E-state index in [-0.39, 0.29) is 0 Å². The zero-order valence-corrected chi connectivity index (χ0v) is 13.2. The quantitative estimate of drug-likeness (QED) is 0.847. The van der Waals surface area contributed by atoms with Gasteiger partial charge >= 0.3 is 0 Å². The zero-order chi connectivity index (χ0) is 14.4. The van der Waals surface area contributed by atoms with Gasteiger partial charge < -0.3 is 14.6 Å². The third-order valence-corrected chi connectivity index (χ3v) is 6.19. The molecule has 116 valence electrons. The molecule has 0 radical (unpaired) electrons. The first kappa shape index (κ1) is 13.8. The molecule has 21 heavy (non-hydrogen) atoms. The van der Waals surface area contributed by atoms with Crippen molar-refractivity contribution in [2.24, 2.45) is 11.3 Å². The normalized spacial score (nSPS) is 32.8. The largest absolute Gasteiger partial charge is 0.377 e. The van der Waals surface area contributed by atoms with Gasteiger partial charge in [0.15, 0.2) is 0 Å². The predicted molar refractivity (Wildman–Crippen MR) is 80.2 cm³/mol. The summed E-state index contributed by atoms with van der Waals surface area (Å²) in [7, 11) is 0. The number of rotatable bonds is 5. The van der Waals surface area contributed by atoms with Crippen molar-refractivity contribution in [2.45, 2.75) is 64.5 Å². The fraction of sp³-hybridized carbons (Fsp3) is 0.824. The van der Waals surface area contributed by atoms with Crippen molar-refractivity contribution in [3.63, 3.8) is 0 Å². The lowest BCUT2D eigenvalue weighted by Gasteiger charge is -2.63. The van der Waals surface area contributed by atoms with Crippen molar-refractivity contribution in [3.8, 4) is 0 Å². The summed E-state index contributed by atoms with van der Waals surface area (Å²) in [5, 5.41) is 7.89. The smallest absolute Gasteiger partial charge is 0.137 e. The maximum atomic E-state index is 5.98. The molecule has 1 aliphatic heterocycles. The summed E-state index contributed by atoms with van der Waals surface area (Å²) < 4.78 is 11.2. The standard InChI is InChI=1S/C17H26N2O2/c1-11-13(12(2)21-19-11)5-3-9-18-15-14-6-10-20-16(14)17(15)7-4-8-17/h14-16,18H,3-10H2,1-2H3/t14-,15-,16-/m1/s1. The summed E-state index contributed by atoms with van der Waals surface area (Å²) in [6, 6.07) is 0.711. The lowest BCUT2D eigenvalue weighted by Crippen LogP contribution is -2.71. The Hall–Kier alpha value is -0.870. The Morgan fingerprint density at radius 2 is 2.19 bits per heavy atom. The highest BCUT2D eigenvalue weighted by atomic mass is 16.5. The van der Waals surface area contributed by atoms with Crippen LogP contribution in [0.4, 0.5) is 0 Å². The summed E-state index contributed by atoms with van der Waals surface area (Å²) >= 11 is 0. The van der Waals surface area contributed by atoms with E-state index in [0.29, 0.717) is 17.6 Å². The van der Waals surface area contributed by atoms with Crippen LogP contribution in [0.3, 0.4) is 0 Å². The summed E-state index contributed by atoms with van der Waals surface area (Å²) in [6.07, 6.45) is 8.20. The first-order valence-corrected chi connectivity index (χ1v) is 8.49. The third-order valence-electron chi connectivity index (χ3n) is 6.19. The van der Waals surface area contributed by atoms with Crippen LogP contribution in [-0.4, -0.2) is 30.5 Å². The van der Waals surface area contributed by atoms with E-state index >= 15 is 0 Å². The lowest BCUT2D eigenvalue weighted by molar-refractivity contribution is -0.175. The van der Waals surface area contributed by atoms with Crippen molar-refractivity contribution < 1.29 is 9.26 Å². The van der Waals surface area contributed by atoms with Gasteiger partial charge in [0.1, 0.15) is 5.76 Å². The van der Waals surface area contributed by atoms with Gasteiger partial charge in [0.2, 0.25) is 0 Å². The molecule has 2 saturated carbocycles. The van der Waals surface area contributed by atoms with Gasteiger partial charge in [0.25, 0.3) is 0 Å². The minimum Gasteiger partial charge on any atom is -0.377 e. The fourth-order valence-electron chi connectivity index (χ4n) is 4.94. The minimum absolute atomic E-state index is 0.504. The summed E-state index contributed by atoms with van der Waals surface area (Å²) in [6.45, 7) is 6.13. The van der Waals surface area contributed by atoms with E-state index in [2.05, 4.69) is 10.5 Å². The van der Waals surface area contributed by atoms with Gasteiger partial charge in [-0.25, -0.2) is 0 Å². The number of aromatic nitrogens is 1. The second kappa shape index (κ2) is 5.10. The molecule has 1 spiro atoms. The minimum atomic E-state index is 0.504. The Morgan fingerprint density at radius 3 is 2.86 bits per heavy atom. The predicted octanol–water partition coefficient (Wildman–Crippen LogP) is 2.77. The van der Waals surface area contributed by atoms with Crippen LogP contribution in [0, 0.1) is 25.2 Å². The SMILES string of the molecule is Cc1noc(C)c1CCCN[C@@H]1[C@H]2CCO[C@H]2C12CCC2. The van der Waals surface area contributed by atoms with Crippen molar-refractivity contribution in [3.05, 3.63) is 17.0 Å². The van der Waals surface area contributed by atoms with Gasteiger partial charge in [-0.3, -0.25) is 0 Å². The van der Waals surface area contributed by atoms with Gasteiger partial charge in [-0.1, -0.05) is 11.6 Å². The van der Waals surface area contributed by atoms with Gasteiger partial charge in [0.05, 0.1) is 11.8 Å². The molecule has 1 saturated heterocycles. The maximum absolute atomic E-state index is 5.98. The second-order valence-corrected chi connectivity index (χ2v) is 7.17. The molecule has 4 nitrogen and oxygen atoms in total. The number of hydrogen-bond donors (Lipinski definition) is 1. The number of nitrogens with one attached hydrogen (secondary N) is 1. The third kappa shape index (κ3) is 1.99. The summed E-state index contributed by atoms with van der Waals surface area (Å²) in [5.74, 6) is 1.76. The Balaban J connectivity index is 1.29. The molecule has 3 fully saturated rings. The van der Waals surface area contributed by atoms with Crippen molar-refractivity contribution in [1.82, 2.24) is 10.5 Å². The van der Waals surface area contributed by atoms with E-state index in [1.165, 1.54) is 31.2 Å². The van der Waals surface area contributed by atoms with Crippen LogP contribution >= 0.6 is 0 Å². The zero-order valence-electron chi connectivity index (χ0n) is 13.2. The number of hydrogen-bond acceptors (Lipinski definition) is 4.